The quantitative estimate of drug-likeness (QED) is 0.630. The van der Waals surface area contributed by atoms with Crippen LogP contribution in [0.15, 0.2) is 22.9 Å². The van der Waals surface area contributed by atoms with Crippen molar-refractivity contribution in [1.82, 2.24) is 4.98 Å². The number of nitrogens with two attached hydrogens (primary N) is 1. The van der Waals surface area contributed by atoms with Crippen molar-refractivity contribution >= 4 is 33.5 Å². The summed E-state index contributed by atoms with van der Waals surface area (Å²) >= 11 is 3.21. The fraction of sp³-hybridized carbons (Fsp3) is 0.300. The molecule has 1 rings (SSSR count). The second-order valence-electron chi connectivity index (χ2n) is 3.07. The molecule has 1 aromatic rings. The van der Waals surface area contributed by atoms with Crippen LogP contribution in [0.3, 0.4) is 0 Å². The lowest BCUT2D eigenvalue weighted by Gasteiger charge is -2.11. The Bertz CT molecular complexity index is 425. The second-order valence-corrected chi connectivity index (χ2v) is 3.93. The number of nitrogens with zero attached hydrogens (tertiary/aromatic N) is 1. The number of aromatic nitrogens is 1. The normalized spacial score (nSPS) is 11.7. The molecule has 6 nitrogen and oxygen atoms in total. The molecule has 1 aromatic heterocycles. The minimum atomic E-state index is -1.34. The van der Waals surface area contributed by atoms with E-state index >= 15 is 0 Å². The smallest absolute Gasteiger partial charge is 0.332 e. The van der Waals surface area contributed by atoms with E-state index in [-0.39, 0.29) is 6.61 Å². The van der Waals surface area contributed by atoms with Gasteiger partial charge in [-0.25, -0.2) is 4.79 Å². The van der Waals surface area contributed by atoms with Gasteiger partial charge in [0.15, 0.2) is 6.04 Å². The monoisotopic (exact) mass is 301 g/mol. The molecule has 0 saturated carbocycles. The zero-order valence-corrected chi connectivity index (χ0v) is 10.7. The molecule has 0 fully saturated rings. The summed E-state index contributed by atoms with van der Waals surface area (Å²) in [4.78, 5) is 26.7. The lowest BCUT2D eigenvalue weighted by molar-refractivity contribution is -0.146. The van der Waals surface area contributed by atoms with Crippen LogP contribution in [-0.2, 0) is 14.3 Å². The highest BCUT2D eigenvalue weighted by Crippen LogP contribution is 2.19. The van der Waals surface area contributed by atoms with E-state index in [1.807, 2.05) is 0 Å². The molecule has 17 heavy (non-hydrogen) atoms. The number of rotatable bonds is 4. The lowest BCUT2D eigenvalue weighted by Crippen LogP contribution is -2.43. The number of amides is 1. The highest BCUT2D eigenvalue weighted by molar-refractivity contribution is 9.10. The first-order chi connectivity index (χ1) is 8.06. The van der Waals surface area contributed by atoms with Crippen LogP contribution in [0.2, 0.25) is 0 Å². The highest BCUT2D eigenvalue weighted by Gasteiger charge is 2.23. The summed E-state index contributed by atoms with van der Waals surface area (Å²) in [7, 11) is 0. The average molecular weight is 302 g/mol. The van der Waals surface area contributed by atoms with Crippen molar-refractivity contribution in [2.24, 2.45) is 5.73 Å². The first-order valence-corrected chi connectivity index (χ1v) is 5.68. The molecule has 0 aromatic carbocycles. The van der Waals surface area contributed by atoms with Crippen molar-refractivity contribution in [3.8, 4) is 0 Å². The fourth-order valence-electron chi connectivity index (χ4n) is 1.03. The maximum atomic E-state index is 11.6. The standard InChI is InChI=1S/C10H12BrN3O3/c1-2-17-10(16)8(12)9(15)14-7-3-4-13-5-6(7)11/h3-5,8H,2,12H2,1H3,(H,13,14,15). The van der Waals surface area contributed by atoms with Crippen LogP contribution in [0.5, 0.6) is 0 Å². The van der Waals surface area contributed by atoms with Gasteiger partial charge < -0.3 is 15.8 Å². The number of halogens is 1. The molecule has 7 heteroatoms. The van der Waals surface area contributed by atoms with Gasteiger partial charge in [-0.1, -0.05) is 0 Å². The first-order valence-electron chi connectivity index (χ1n) is 4.88. The summed E-state index contributed by atoms with van der Waals surface area (Å²) < 4.78 is 5.25. The van der Waals surface area contributed by atoms with Gasteiger partial charge in [-0.2, -0.15) is 0 Å². The van der Waals surface area contributed by atoms with Crippen LogP contribution in [0.4, 0.5) is 5.69 Å². The summed E-state index contributed by atoms with van der Waals surface area (Å²) in [5, 5.41) is 2.50. The van der Waals surface area contributed by atoms with E-state index in [1.54, 1.807) is 13.0 Å². The van der Waals surface area contributed by atoms with E-state index in [9.17, 15) is 9.59 Å². The Balaban J connectivity index is 2.67. The maximum Gasteiger partial charge on any atom is 0.332 e. The zero-order chi connectivity index (χ0) is 12.8. The molecular weight excluding hydrogens is 290 g/mol. The van der Waals surface area contributed by atoms with Crippen molar-refractivity contribution < 1.29 is 14.3 Å². The topological polar surface area (TPSA) is 94.3 Å². The van der Waals surface area contributed by atoms with Crippen LogP contribution in [0, 0.1) is 0 Å². The molecule has 0 bridgehead atoms. The van der Waals surface area contributed by atoms with E-state index in [2.05, 4.69) is 31.0 Å². The number of nitrogens with one attached hydrogen (secondary N) is 1. The van der Waals surface area contributed by atoms with E-state index in [1.165, 1.54) is 12.4 Å². The highest BCUT2D eigenvalue weighted by atomic mass is 79.9. The van der Waals surface area contributed by atoms with Crippen LogP contribution >= 0.6 is 15.9 Å². The first kappa shape index (κ1) is 13.6. The van der Waals surface area contributed by atoms with E-state index in [0.717, 1.165) is 0 Å². The fourth-order valence-corrected chi connectivity index (χ4v) is 1.38. The van der Waals surface area contributed by atoms with Gasteiger partial charge in [-0.15, -0.1) is 0 Å². The third-order valence-corrected chi connectivity index (χ3v) is 2.49. The third kappa shape index (κ3) is 3.79. The van der Waals surface area contributed by atoms with Crippen LogP contribution in [0.25, 0.3) is 0 Å². The second kappa shape index (κ2) is 6.31. The van der Waals surface area contributed by atoms with E-state index in [4.69, 9.17) is 5.73 Å². The summed E-state index contributed by atoms with van der Waals surface area (Å²) in [6, 6.07) is 0.245. The largest absolute Gasteiger partial charge is 0.464 e. The predicted molar refractivity (Wildman–Crippen MR) is 65.2 cm³/mol. The van der Waals surface area contributed by atoms with Gasteiger partial charge in [-0.3, -0.25) is 9.78 Å². The third-order valence-electron chi connectivity index (χ3n) is 1.85. The molecule has 0 aliphatic carbocycles. The Kier molecular flexibility index (Phi) is 5.05. The van der Waals surface area contributed by atoms with E-state index < -0.39 is 17.9 Å². The number of ether oxygens (including phenoxy) is 1. The Morgan fingerprint density at radius 2 is 2.35 bits per heavy atom. The molecule has 1 unspecified atom stereocenters. The average Bonchev–Trinajstić information content (AvgIpc) is 2.31. The van der Waals surface area contributed by atoms with Gasteiger partial charge in [0.2, 0.25) is 0 Å². The summed E-state index contributed by atoms with van der Waals surface area (Å²) in [5.74, 6) is -1.38. The number of pyridine rings is 1. The molecule has 0 aliphatic rings. The van der Waals surface area contributed by atoms with Gasteiger partial charge in [-0.05, 0) is 28.9 Å². The van der Waals surface area contributed by atoms with Gasteiger partial charge in [0, 0.05) is 12.4 Å². The Morgan fingerprint density at radius 3 is 2.94 bits per heavy atom. The minimum Gasteiger partial charge on any atom is -0.464 e. The lowest BCUT2D eigenvalue weighted by atomic mass is 10.3. The van der Waals surface area contributed by atoms with Crippen molar-refractivity contribution in [1.29, 1.82) is 0 Å². The molecule has 0 saturated heterocycles. The van der Waals surface area contributed by atoms with Gasteiger partial charge in [0.25, 0.3) is 5.91 Å². The number of anilines is 1. The van der Waals surface area contributed by atoms with E-state index in [0.29, 0.717) is 10.2 Å². The number of esters is 1. The zero-order valence-electron chi connectivity index (χ0n) is 9.14. The van der Waals surface area contributed by atoms with Crippen LogP contribution < -0.4 is 11.1 Å². The molecule has 0 spiro atoms. The van der Waals surface area contributed by atoms with Crippen LogP contribution in [0.1, 0.15) is 6.92 Å². The van der Waals surface area contributed by atoms with Gasteiger partial charge in [0.1, 0.15) is 0 Å². The minimum absolute atomic E-state index is 0.179. The van der Waals surface area contributed by atoms with Gasteiger partial charge >= 0.3 is 5.97 Å². The molecule has 1 amide bonds. The molecular formula is C10H12BrN3O3. The summed E-state index contributed by atoms with van der Waals surface area (Å²) in [6.45, 7) is 1.82. The Morgan fingerprint density at radius 1 is 1.65 bits per heavy atom. The number of carbonyl (C=O) groups is 2. The SMILES string of the molecule is CCOC(=O)C(N)C(=O)Nc1ccncc1Br. The van der Waals surface area contributed by atoms with Gasteiger partial charge in [0.05, 0.1) is 16.8 Å². The molecule has 0 radical (unpaired) electrons. The molecule has 1 heterocycles. The Labute approximate surface area is 107 Å². The number of hydrogen-bond acceptors (Lipinski definition) is 5. The number of hydrogen-bond donors (Lipinski definition) is 2. The van der Waals surface area contributed by atoms with Crippen LogP contribution in [-0.4, -0.2) is 29.5 Å². The Hall–Kier alpha value is -1.47. The van der Waals surface area contributed by atoms with Crippen molar-refractivity contribution in [3.63, 3.8) is 0 Å². The number of carbonyl (C=O) groups excluding carboxylic acids is 2. The van der Waals surface area contributed by atoms with Crippen molar-refractivity contribution in [2.45, 2.75) is 13.0 Å². The maximum absolute atomic E-state index is 11.6. The molecule has 3 N–H and O–H groups in total. The van der Waals surface area contributed by atoms with Crippen molar-refractivity contribution in [3.05, 3.63) is 22.9 Å². The molecule has 0 aliphatic heterocycles. The molecule has 92 valence electrons. The molecule has 1 atom stereocenters. The van der Waals surface area contributed by atoms with Crippen molar-refractivity contribution in [2.75, 3.05) is 11.9 Å². The summed E-state index contributed by atoms with van der Waals surface area (Å²) in [5.41, 5.74) is 5.92. The summed E-state index contributed by atoms with van der Waals surface area (Å²) in [6.07, 6.45) is 3.03. The predicted octanol–water partition coefficient (Wildman–Crippen LogP) is 0.673.